The third-order valence-corrected chi connectivity index (χ3v) is 4.92. The van der Waals surface area contributed by atoms with Crippen molar-refractivity contribution >= 4 is 21.6 Å². The van der Waals surface area contributed by atoms with Gasteiger partial charge in [-0.2, -0.15) is 0 Å². The number of para-hydroxylation sites is 1. The second-order valence-electron chi connectivity index (χ2n) is 6.69. The maximum Gasteiger partial charge on any atom is 1.00 e. The Bertz CT molecular complexity index is 729. The summed E-state index contributed by atoms with van der Waals surface area (Å²) in [6.45, 7) is 6.34. The zero-order chi connectivity index (χ0) is 17.1. The fourth-order valence-electron chi connectivity index (χ4n) is 3.05. The molecule has 1 aliphatic heterocycles. The van der Waals surface area contributed by atoms with Crippen molar-refractivity contribution in [1.29, 1.82) is 0 Å². The molecule has 1 aliphatic rings. The summed E-state index contributed by atoms with van der Waals surface area (Å²) in [7, 11) is 0. The number of ether oxygens (including phenoxy) is 1. The van der Waals surface area contributed by atoms with Gasteiger partial charge in [-0.05, 0) is 47.2 Å². The number of hydrogen-bond donors (Lipinski definition) is 0. The number of halogens is 2. The summed E-state index contributed by atoms with van der Waals surface area (Å²) in [6.07, 6.45) is 1.05. The first-order valence-corrected chi connectivity index (χ1v) is 9.53. The van der Waals surface area contributed by atoms with Crippen LogP contribution in [0.4, 0.5) is 10.1 Å². The number of benzene rings is 2. The Hall–Kier alpha value is -0.550. The maximum absolute atomic E-state index is 14.4. The average molecular weight is 416 g/mol. The van der Waals surface area contributed by atoms with Crippen LogP contribution in [0.15, 0.2) is 36.4 Å². The largest absolute Gasteiger partial charge is 1.00 e. The second kappa shape index (κ2) is 9.40. The molecule has 0 fully saturated rings. The van der Waals surface area contributed by atoms with Crippen molar-refractivity contribution in [1.82, 2.24) is 0 Å². The molecule has 0 saturated carbocycles. The minimum Gasteiger partial charge on any atom is -1.00 e. The van der Waals surface area contributed by atoms with E-state index in [1.54, 1.807) is 6.07 Å². The van der Waals surface area contributed by atoms with E-state index in [0.717, 1.165) is 30.6 Å². The van der Waals surface area contributed by atoms with Crippen LogP contribution < -0.4 is 39.2 Å². The van der Waals surface area contributed by atoms with Gasteiger partial charge in [0, 0.05) is 24.1 Å². The van der Waals surface area contributed by atoms with Crippen LogP contribution in [-0.4, -0.2) is 13.2 Å². The molecule has 0 radical (unpaired) electrons. The SMILES string of the molecule is CC(C)COc1cc(CBr)c(CN2CCc3ccccc32)cc1F.[H-].[Na+]. The van der Waals surface area contributed by atoms with Crippen molar-refractivity contribution in [3.05, 3.63) is 58.9 Å². The Morgan fingerprint density at radius 1 is 1.24 bits per heavy atom. The van der Waals surface area contributed by atoms with E-state index in [1.807, 2.05) is 6.07 Å². The van der Waals surface area contributed by atoms with Crippen molar-refractivity contribution in [2.45, 2.75) is 32.1 Å². The third kappa shape index (κ3) is 5.00. The van der Waals surface area contributed by atoms with E-state index >= 15 is 0 Å². The molecule has 25 heavy (non-hydrogen) atoms. The van der Waals surface area contributed by atoms with Gasteiger partial charge >= 0.3 is 29.6 Å². The molecule has 0 atom stereocenters. The summed E-state index contributed by atoms with van der Waals surface area (Å²) in [4.78, 5) is 2.32. The number of fused-ring (bicyclic) bond motifs is 1. The number of anilines is 1. The molecular formula is C20H24BrFNNaO. The molecule has 0 bridgehead atoms. The van der Waals surface area contributed by atoms with Gasteiger partial charge < -0.3 is 11.1 Å². The molecule has 5 heteroatoms. The van der Waals surface area contributed by atoms with Crippen LogP contribution >= 0.6 is 15.9 Å². The molecule has 2 aromatic rings. The Labute approximate surface area is 181 Å². The van der Waals surface area contributed by atoms with Gasteiger partial charge in [0.2, 0.25) is 0 Å². The van der Waals surface area contributed by atoms with E-state index in [0.29, 0.717) is 23.6 Å². The van der Waals surface area contributed by atoms with E-state index in [-0.39, 0.29) is 36.8 Å². The zero-order valence-corrected chi connectivity index (χ0v) is 18.8. The van der Waals surface area contributed by atoms with Crippen LogP contribution in [0.2, 0.25) is 0 Å². The van der Waals surface area contributed by atoms with Crippen LogP contribution in [-0.2, 0) is 18.3 Å². The molecule has 3 rings (SSSR count). The smallest absolute Gasteiger partial charge is 1.00 e. The number of rotatable bonds is 6. The summed E-state index contributed by atoms with van der Waals surface area (Å²) in [5, 5.41) is 0.691. The summed E-state index contributed by atoms with van der Waals surface area (Å²) < 4.78 is 20.0. The number of hydrogen-bond acceptors (Lipinski definition) is 2. The predicted molar refractivity (Wildman–Crippen MR) is 102 cm³/mol. The Balaban J connectivity index is 0.00000169. The van der Waals surface area contributed by atoms with Crippen LogP contribution in [0.3, 0.4) is 0 Å². The van der Waals surface area contributed by atoms with Crippen LogP contribution in [0.1, 0.15) is 32.0 Å². The standard InChI is InChI=1S/C20H23BrFNO.Na.H/c1-14(2)13-24-20-10-16(11-21)17(9-18(20)22)12-23-8-7-15-5-3-4-6-19(15)23;;/h3-6,9-10,14H,7-8,11-13H2,1-2H3;;/q;+1;-1. The molecule has 0 unspecified atom stereocenters. The van der Waals surface area contributed by atoms with E-state index < -0.39 is 0 Å². The fourth-order valence-corrected chi connectivity index (χ4v) is 3.57. The van der Waals surface area contributed by atoms with Gasteiger partial charge in [-0.25, -0.2) is 4.39 Å². The normalized spacial score (nSPS) is 12.9. The van der Waals surface area contributed by atoms with Gasteiger partial charge in [0.1, 0.15) is 0 Å². The Kier molecular flexibility index (Phi) is 7.81. The van der Waals surface area contributed by atoms with E-state index in [9.17, 15) is 4.39 Å². The van der Waals surface area contributed by atoms with Crippen LogP contribution in [0.25, 0.3) is 0 Å². The fraction of sp³-hybridized carbons (Fsp3) is 0.400. The first kappa shape index (κ1) is 20.8. The van der Waals surface area contributed by atoms with Crippen molar-refractivity contribution in [2.24, 2.45) is 5.92 Å². The van der Waals surface area contributed by atoms with Crippen molar-refractivity contribution in [3.8, 4) is 5.75 Å². The molecule has 0 N–H and O–H groups in total. The van der Waals surface area contributed by atoms with Gasteiger partial charge in [-0.3, -0.25) is 0 Å². The molecule has 0 spiro atoms. The monoisotopic (exact) mass is 415 g/mol. The summed E-state index contributed by atoms with van der Waals surface area (Å²) in [6, 6.07) is 11.9. The van der Waals surface area contributed by atoms with Crippen molar-refractivity contribution in [3.63, 3.8) is 0 Å². The van der Waals surface area contributed by atoms with Crippen LogP contribution in [0.5, 0.6) is 5.75 Å². The number of nitrogens with zero attached hydrogens (tertiary/aromatic N) is 1. The van der Waals surface area contributed by atoms with Gasteiger partial charge in [0.25, 0.3) is 0 Å². The molecule has 0 aromatic heterocycles. The van der Waals surface area contributed by atoms with Crippen molar-refractivity contribution < 1.29 is 40.1 Å². The molecule has 0 aliphatic carbocycles. The molecular weight excluding hydrogens is 392 g/mol. The molecule has 0 saturated heterocycles. The van der Waals surface area contributed by atoms with E-state index in [4.69, 9.17) is 4.74 Å². The maximum atomic E-state index is 14.4. The number of alkyl halides is 1. The zero-order valence-electron chi connectivity index (χ0n) is 16.2. The van der Waals surface area contributed by atoms with Gasteiger partial charge in [-0.15, -0.1) is 0 Å². The Morgan fingerprint density at radius 3 is 2.72 bits per heavy atom. The molecule has 130 valence electrons. The molecule has 2 aromatic carbocycles. The van der Waals surface area contributed by atoms with Gasteiger partial charge in [-0.1, -0.05) is 48.0 Å². The summed E-state index contributed by atoms with van der Waals surface area (Å²) >= 11 is 3.53. The summed E-state index contributed by atoms with van der Waals surface area (Å²) in [5.74, 6) is 0.448. The summed E-state index contributed by atoms with van der Waals surface area (Å²) in [5.41, 5.74) is 4.73. The minimum absolute atomic E-state index is 0. The molecule has 0 amide bonds. The van der Waals surface area contributed by atoms with Gasteiger partial charge in [0.05, 0.1) is 6.61 Å². The topological polar surface area (TPSA) is 12.5 Å². The quantitative estimate of drug-likeness (QED) is 0.530. The second-order valence-corrected chi connectivity index (χ2v) is 7.25. The Morgan fingerprint density at radius 2 is 2.00 bits per heavy atom. The first-order chi connectivity index (χ1) is 11.6. The molecule has 2 nitrogen and oxygen atoms in total. The first-order valence-electron chi connectivity index (χ1n) is 8.41. The van der Waals surface area contributed by atoms with Gasteiger partial charge in [0.15, 0.2) is 11.6 Å². The minimum atomic E-state index is -0.275. The van der Waals surface area contributed by atoms with Crippen molar-refractivity contribution in [2.75, 3.05) is 18.1 Å². The average Bonchev–Trinajstić information content (AvgIpc) is 2.97. The van der Waals surface area contributed by atoms with Crippen LogP contribution in [0, 0.1) is 11.7 Å². The molecule has 1 heterocycles. The third-order valence-electron chi connectivity index (χ3n) is 4.31. The predicted octanol–water partition coefficient (Wildman–Crippen LogP) is 2.43. The van der Waals surface area contributed by atoms with E-state index in [2.05, 4.69) is 58.9 Å². The van der Waals surface area contributed by atoms with E-state index in [1.165, 1.54) is 11.3 Å².